The second kappa shape index (κ2) is 6.41. The van der Waals surface area contributed by atoms with E-state index < -0.39 is 34.3 Å². The monoisotopic (exact) mass is 282 g/mol. The number of rotatable bonds is 6. The third-order valence-corrected chi connectivity index (χ3v) is 2.36. The van der Waals surface area contributed by atoms with E-state index >= 15 is 0 Å². The summed E-state index contributed by atoms with van der Waals surface area (Å²) in [7, 11) is 0. The van der Waals surface area contributed by atoms with Gasteiger partial charge in [0.1, 0.15) is 11.9 Å². The largest absolute Gasteiger partial charge is 0.480 e. The number of nitro groups is 1. The number of nitro benzene ring substituents is 1. The summed E-state index contributed by atoms with van der Waals surface area (Å²) in [6, 6.07) is 1.08. The quantitative estimate of drug-likeness (QED) is 0.466. The highest BCUT2D eigenvalue weighted by Crippen LogP contribution is 2.16. The third-order valence-electron chi connectivity index (χ3n) is 2.36. The molecule has 1 amide bonds. The molecule has 1 aromatic rings. The predicted molar refractivity (Wildman–Crippen MR) is 66.8 cm³/mol. The van der Waals surface area contributed by atoms with Gasteiger partial charge in [-0.25, -0.2) is 9.18 Å². The van der Waals surface area contributed by atoms with Gasteiger partial charge in [-0.3, -0.25) is 14.9 Å². The Kier molecular flexibility index (Phi) is 4.90. The second-order valence-corrected chi connectivity index (χ2v) is 3.84. The Morgan fingerprint density at radius 3 is 2.65 bits per heavy atom. The molecule has 20 heavy (non-hydrogen) atoms. The number of carboxylic acid groups (broad SMARTS) is 1. The van der Waals surface area contributed by atoms with Crippen LogP contribution in [0.5, 0.6) is 0 Å². The standard InChI is InChI=1S/C12H11FN2O5/c1-2-3-10(12(17)18)14-11(16)7-4-8(13)6-9(5-7)15(19)20/h2,4-6,10H,1,3H2,(H,14,16)(H,17,18). The number of hydrogen-bond acceptors (Lipinski definition) is 4. The first-order valence-electron chi connectivity index (χ1n) is 5.44. The number of carbonyl (C=O) groups is 2. The van der Waals surface area contributed by atoms with Gasteiger partial charge >= 0.3 is 5.97 Å². The number of halogens is 1. The van der Waals surface area contributed by atoms with E-state index in [2.05, 4.69) is 11.9 Å². The maximum atomic E-state index is 13.2. The minimum absolute atomic E-state index is 0.0293. The summed E-state index contributed by atoms with van der Waals surface area (Å²) in [5.41, 5.74) is -0.919. The zero-order valence-corrected chi connectivity index (χ0v) is 10.2. The lowest BCUT2D eigenvalue weighted by Crippen LogP contribution is -2.40. The zero-order chi connectivity index (χ0) is 15.3. The third kappa shape index (κ3) is 3.87. The molecule has 0 aliphatic heterocycles. The van der Waals surface area contributed by atoms with Crippen LogP contribution in [0.4, 0.5) is 10.1 Å². The molecule has 7 nitrogen and oxygen atoms in total. The van der Waals surface area contributed by atoms with Crippen molar-refractivity contribution < 1.29 is 24.0 Å². The number of carboxylic acids is 1. The van der Waals surface area contributed by atoms with Crippen molar-refractivity contribution in [2.45, 2.75) is 12.5 Å². The lowest BCUT2D eigenvalue weighted by molar-refractivity contribution is -0.385. The SMILES string of the molecule is C=CCC(NC(=O)c1cc(F)cc([N+](=O)[O-])c1)C(=O)O. The zero-order valence-electron chi connectivity index (χ0n) is 10.2. The van der Waals surface area contributed by atoms with Crippen LogP contribution in [0.15, 0.2) is 30.9 Å². The highest BCUT2D eigenvalue weighted by molar-refractivity contribution is 5.97. The van der Waals surface area contributed by atoms with E-state index in [4.69, 9.17) is 5.11 Å². The number of nitrogens with zero attached hydrogens (tertiary/aromatic N) is 1. The normalized spacial score (nSPS) is 11.4. The van der Waals surface area contributed by atoms with Crippen LogP contribution in [-0.4, -0.2) is 27.9 Å². The fourth-order valence-corrected chi connectivity index (χ4v) is 1.44. The van der Waals surface area contributed by atoms with Crippen molar-refractivity contribution in [3.8, 4) is 0 Å². The average molecular weight is 282 g/mol. The molecule has 0 aliphatic carbocycles. The Bertz CT molecular complexity index is 573. The summed E-state index contributed by atoms with van der Waals surface area (Å²) in [6.07, 6.45) is 1.27. The molecule has 2 N–H and O–H groups in total. The van der Waals surface area contributed by atoms with E-state index in [9.17, 15) is 24.1 Å². The number of benzene rings is 1. The molecule has 1 unspecified atom stereocenters. The topological polar surface area (TPSA) is 110 Å². The van der Waals surface area contributed by atoms with Gasteiger partial charge in [-0.1, -0.05) is 6.08 Å². The van der Waals surface area contributed by atoms with Crippen LogP contribution in [0, 0.1) is 15.9 Å². The van der Waals surface area contributed by atoms with Crippen molar-refractivity contribution in [3.63, 3.8) is 0 Å². The molecule has 0 fully saturated rings. The average Bonchev–Trinajstić information content (AvgIpc) is 2.37. The Hall–Kier alpha value is -2.77. The molecule has 0 spiro atoms. The van der Waals surface area contributed by atoms with Crippen LogP contribution in [0.25, 0.3) is 0 Å². The van der Waals surface area contributed by atoms with Gasteiger partial charge in [0, 0.05) is 11.6 Å². The fraction of sp³-hybridized carbons (Fsp3) is 0.167. The molecule has 0 saturated carbocycles. The summed E-state index contributed by atoms with van der Waals surface area (Å²) in [4.78, 5) is 32.3. The van der Waals surface area contributed by atoms with Crippen LogP contribution >= 0.6 is 0 Å². The summed E-state index contributed by atoms with van der Waals surface area (Å²) < 4.78 is 13.2. The van der Waals surface area contributed by atoms with Crippen LogP contribution in [-0.2, 0) is 4.79 Å². The Balaban J connectivity index is 2.99. The molecular formula is C12H11FN2O5. The molecule has 1 atom stereocenters. The van der Waals surface area contributed by atoms with E-state index in [-0.39, 0.29) is 12.0 Å². The maximum absolute atomic E-state index is 13.2. The van der Waals surface area contributed by atoms with Crippen LogP contribution in [0.1, 0.15) is 16.8 Å². The number of hydrogen-bond donors (Lipinski definition) is 2. The van der Waals surface area contributed by atoms with Crippen LogP contribution in [0.3, 0.4) is 0 Å². The van der Waals surface area contributed by atoms with Gasteiger partial charge in [0.2, 0.25) is 0 Å². The van der Waals surface area contributed by atoms with Gasteiger partial charge < -0.3 is 10.4 Å². The Labute approximate surface area is 112 Å². The molecule has 106 valence electrons. The lowest BCUT2D eigenvalue weighted by Gasteiger charge is -2.12. The molecule has 0 aliphatic rings. The number of amides is 1. The summed E-state index contributed by atoms with van der Waals surface area (Å²) >= 11 is 0. The fourth-order valence-electron chi connectivity index (χ4n) is 1.44. The van der Waals surface area contributed by atoms with Crippen molar-refractivity contribution in [1.82, 2.24) is 5.32 Å². The first-order valence-corrected chi connectivity index (χ1v) is 5.44. The Morgan fingerprint density at radius 2 is 2.15 bits per heavy atom. The van der Waals surface area contributed by atoms with Crippen molar-refractivity contribution in [1.29, 1.82) is 0 Å². The minimum Gasteiger partial charge on any atom is -0.480 e. The molecule has 0 heterocycles. The van der Waals surface area contributed by atoms with E-state index in [1.54, 1.807) is 0 Å². The van der Waals surface area contributed by atoms with E-state index in [0.717, 1.165) is 12.1 Å². The number of aliphatic carboxylic acids is 1. The van der Waals surface area contributed by atoms with Crippen LogP contribution < -0.4 is 5.32 Å². The van der Waals surface area contributed by atoms with Gasteiger partial charge in [0.25, 0.3) is 11.6 Å². The first-order chi connectivity index (χ1) is 9.35. The molecule has 0 aromatic heterocycles. The van der Waals surface area contributed by atoms with Crippen molar-refractivity contribution in [2.75, 3.05) is 0 Å². The highest BCUT2D eigenvalue weighted by Gasteiger charge is 2.21. The van der Waals surface area contributed by atoms with Gasteiger partial charge in [-0.15, -0.1) is 6.58 Å². The van der Waals surface area contributed by atoms with Gasteiger partial charge in [0.15, 0.2) is 0 Å². The minimum atomic E-state index is -1.29. The molecular weight excluding hydrogens is 271 g/mol. The smallest absolute Gasteiger partial charge is 0.326 e. The van der Waals surface area contributed by atoms with E-state index in [1.165, 1.54) is 6.08 Å². The molecule has 8 heteroatoms. The molecule has 0 bridgehead atoms. The van der Waals surface area contributed by atoms with Crippen molar-refractivity contribution >= 4 is 17.6 Å². The number of carbonyl (C=O) groups excluding carboxylic acids is 1. The molecule has 1 aromatic carbocycles. The molecule has 0 saturated heterocycles. The van der Waals surface area contributed by atoms with Crippen LogP contribution in [0.2, 0.25) is 0 Å². The number of nitrogens with one attached hydrogen (secondary N) is 1. The van der Waals surface area contributed by atoms with E-state index in [1.807, 2.05) is 0 Å². The van der Waals surface area contributed by atoms with Gasteiger partial charge in [-0.05, 0) is 12.5 Å². The molecule has 0 radical (unpaired) electrons. The Morgan fingerprint density at radius 1 is 1.50 bits per heavy atom. The number of non-ortho nitro benzene ring substituents is 1. The summed E-state index contributed by atoms with van der Waals surface area (Å²) in [5.74, 6) is -3.16. The van der Waals surface area contributed by atoms with Gasteiger partial charge in [0.05, 0.1) is 11.0 Å². The summed E-state index contributed by atoms with van der Waals surface area (Å²) in [6.45, 7) is 3.35. The predicted octanol–water partition coefficient (Wildman–Crippen LogP) is 1.49. The lowest BCUT2D eigenvalue weighted by atomic mass is 10.1. The summed E-state index contributed by atoms with van der Waals surface area (Å²) in [5, 5.41) is 21.5. The first kappa shape index (κ1) is 15.3. The van der Waals surface area contributed by atoms with E-state index in [0.29, 0.717) is 6.07 Å². The van der Waals surface area contributed by atoms with Crippen molar-refractivity contribution in [2.24, 2.45) is 0 Å². The molecule has 1 rings (SSSR count). The highest BCUT2D eigenvalue weighted by atomic mass is 19.1. The maximum Gasteiger partial charge on any atom is 0.326 e. The second-order valence-electron chi connectivity index (χ2n) is 3.84. The van der Waals surface area contributed by atoms with Gasteiger partial charge in [-0.2, -0.15) is 0 Å². The van der Waals surface area contributed by atoms with Crippen molar-refractivity contribution in [3.05, 3.63) is 52.3 Å².